The lowest BCUT2D eigenvalue weighted by molar-refractivity contribution is 0.579. The molecule has 96 valence electrons. The summed E-state index contributed by atoms with van der Waals surface area (Å²) in [6, 6.07) is 3.68. The van der Waals surface area contributed by atoms with E-state index in [1.54, 1.807) is 18.5 Å². The number of nitrogen functional groups attached to an aromatic ring is 1. The van der Waals surface area contributed by atoms with Crippen molar-refractivity contribution in [3.8, 4) is 0 Å². The Bertz CT molecular complexity index is 611. The van der Waals surface area contributed by atoms with Gasteiger partial charge in [-0.15, -0.1) is 10.2 Å². The van der Waals surface area contributed by atoms with Crippen LogP contribution in [0.2, 0.25) is 0 Å². The van der Waals surface area contributed by atoms with Gasteiger partial charge in [-0.05, 0) is 18.1 Å². The zero-order valence-corrected chi connectivity index (χ0v) is 10.9. The molecular formula is C9H11N5O2S2. The molecule has 2 aromatic heterocycles. The van der Waals surface area contributed by atoms with Crippen LogP contribution in [0, 0.1) is 0 Å². The molecule has 0 radical (unpaired) electrons. The summed E-state index contributed by atoms with van der Waals surface area (Å²) in [6.07, 6.45) is 3.91. The number of hydrogen-bond acceptors (Lipinski definition) is 7. The van der Waals surface area contributed by atoms with Crippen molar-refractivity contribution in [2.45, 2.75) is 10.8 Å². The van der Waals surface area contributed by atoms with Gasteiger partial charge in [0.15, 0.2) is 0 Å². The lowest BCUT2D eigenvalue weighted by Gasteiger charge is -2.03. The first-order chi connectivity index (χ1) is 8.58. The van der Waals surface area contributed by atoms with E-state index < -0.39 is 10.0 Å². The average molecular weight is 285 g/mol. The van der Waals surface area contributed by atoms with Crippen molar-refractivity contribution < 1.29 is 8.42 Å². The van der Waals surface area contributed by atoms with Gasteiger partial charge in [0.2, 0.25) is 9.47 Å². The third-order valence-electron chi connectivity index (χ3n) is 2.08. The maximum Gasteiger partial charge on any atom is 0.269 e. The third-order valence-corrected chi connectivity index (χ3v) is 4.66. The molecule has 0 bridgehead atoms. The van der Waals surface area contributed by atoms with Crippen LogP contribution in [0.15, 0.2) is 28.9 Å². The van der Waals surface area contributed by atoms with Crippen LogP contribution in [0.25, 0.3) is 0 Å². The monoisotopic (exact) mass is 285 g/mol. The number of pyridine rings is 1. The number of sulfonamides is 1. The molecule has 0 unspecified atom stereocenters. The fraction of sp³-hybridized carbons (Fsp3) is 0.222. The Morgan fingerprint density at radius 2 is 2.22 bits per heavy atom. The molecule has 9 heteroatoms. The second-order valence-corrected chi connectivity index (χ2v) is 6.37. The predicted molar refractivity (Wildman–Crippen MR) is 67.5 cm³/mol. The van der Waals surface area contributed by atoms with Gasteiger partial charge in [0.1, 0.15) is 0 Å². The number of nitrogens with one attached hydrogen (secondary N) is 1. The average Bonchev–Trinajstić information content (AvgIpc) is 2.78. The largest absolute Gasteiger partial charge is 0.374 e. The first-order valence-electron chi connectivity index (χ1n) is 5.05. The van der Waals surface area contributed by atoms with E-state index in [1.165, 1.54) is 0 Å². The molecule has 0 aromatic carbocycles. The van der Waals surface area contributed by atoms with E-state index in [0.717, 1.165) is 16.9 Å². The summed E-state index contributed by atoms with van der Waals surface area (Å²) in [5.74, 6) is 0. The van der Waals surface area contributed by atoms with Crippen LogP contribution in [0.4, 0.5) is 5.13 Å². The Hall–Kier alpha value is -1.58. The van der Waals surface area contributed by atoms with E-state index in [9.17, 15) is 8.42 Å². The van der Waals surface area contributed by atoms with E-state index in [1.807, 2.05) is 6.07 Å². The van der Waals surface area contributed by atoms with Crippen molar-refractivity contribution in [2.75, 3.05) is 12.3 Å². The molecule has 2 rings (SSSR count). The number of aromatic nitrogens is 3. The van der Waals surface area contributed by atoms with Crippen LogP contribution in [-0.2, 0) is 16.4 Å². The molecule has 3 N–H and O–H groups in total. The zero-order valence-electron chi connectivity index (χ0n) is 9.28. The van der Waals surface area contributed by atoms with Crippen LogP contribution >= 0.6 is 11.3 Å². The van der Waals surface area contributed by atoms with Gasteiger partial charge in [-0.3, -0.25) is 4.98 Å². The fourth-order valence-corrected chi connectivity index (χ4v) is 3.12. The minimum absolute atomic E-state index is 0.119. The minimum atomic E-state index is -3.62. The number of nitrogens with zero attached hydrogens (tertiary/aromatic N) is 3. The van der Waals surface area contributed by atoms with E-state index >= 15 is 0 Å². The van der Waals surface area contributed by atoms with Gasteiger partial charge in [-0.1, -0.05) is 17.4 Å². The molecule has 2 heterocycles. The summed E-state index contributed by atoms with van der Waals surface area (Å²) in [5, 5.41) is 7.09. The Labute approximate surface area is 108 Å². The highest BCUT2D eigenvalue weighted by atomic mass is 32.2. The normalized spacial score (nSPS) is 11.6. The number of rotatable bonds is 5. The third kappa shape index (κ3) is 3.22. The van der Waals surface area contributed by atoms with Crippen LogP contribution in [0.3, 0.4) is 0 Å². The maximum atomic E-state index is 11.8. The summed E-state index contributed by atoms with van der Waals surface area (Å²) in [5.41, 5.74) is 6.29. The van der Waals surface area contributed by atoms with Gasteiger partial charge in [-0.25, -0.2) is 13.1 Å². The van der Waals surface area contributed by atoms with Gasteiger partial charge < -0.3 is 5.73 Å². The van der Waals surface area contributed by atoms with Crippen molar-refractivity contribution in [2.24, 2.45) is 0 Å². The van der Waals surface area contributed by atoms with Gasteiger partial charge in [0.25, 0.3) is 10.0 Å². The van der Waals surface area contributed by atoms with Crippen LogP contribution in [0.5, 0.6) is 0 Å². The molecule has 7 nitrogen and oxygen atoms in total. The zero-order chi connectivity index (χ0) is 13.0. The lowest BCUT2D eigenvalue weighted by Crippen LogP contribution is -2.25. The molecule has 0 aliphatic heterocycles. The highest BCUT2D eigenvalue weighted by Crippen LogP contribution is 2.16. The molecule has 0 aliphatic rings. The smallest absolute Gasteiger partial charge is 0.269 e. The SMILES string of the molecule is Nc1nnc(S(=O)(=O)NCCc2cccnc2)s1. The summed E-state index contributed by atoms with van der Waals surface area (Å²) in [7, 11) is -3.62. The molecule has 18 heavy (non-hydrogen) atoms. The minimum Gasteiger partial charge on any atom is -0.374 e. The predicted octanol–water partition coefficient (Wildman–Crippen LogP) is 0.0363. The lowest BCUT2D eigenvalue weighted by atomic mass is 10.2. The molecular weight excluding hydrogens is 274 g/mol. The summed E-state index contributed by atoms with van der Waals surface area (Å²) in [4.78, 5) is 3.95. The van der Waals surface area contributed by atoms with Crippen molar-refractivity contribution in [1.29, 1.82) is 0 Å². The summed E-state index contributed by atoms with van der Waals surface area (Å²) in [6.45, 7) is 0.271. The van der Waals surface area contributed by atoms with E-state index in [2.05, 4.69) is 19.9 Å². The van der Waals surface area contributed by atoms with Crippen molar-refractivity contribution in [3.05, 3.63) is 30.1 Å². The first kappa shape index (κ1) is 12.9. The second kappa shape index (κ2) is 5.38. The van der Waals surface area contributed by atoms with Crippen molar-refractivity contribution in [3.63, 3.8) is 0 Å². The summed E-state index contributed by atoms with van der Waals surface area (Å²) < 4.78 is 25.8. The topological polar surface area (TPSA) is 111 Å². The molecule has 0 aliphatic carbocycles. The van der Waals surface area contributed by atoms with Gasteiger partial charge >= 0.3 is 0 Å². The van der Waals surface area contributed by atoms with Gasteiger partial charge in [0, 0.05) is 18.9 Å². The Morgan fingerprint density at radius 3 is 2.83 bits per heavy atom. The molecule has 0 saturated heterocycles. The number of anilines is 1. The maximum absolute atomic E-state index is 11.8. The quantitative estimate of drug-likeness (QED) is 0.802. The van der Waals surface area contributed by atoms with Gasteiger partial charge in [0.05, 0.1) is 0 Å². The Kier molecular flexibility index (Phi) is 3.84. The molecule has 0 atom stereocenters. The van der Waals surface area contributed by atoms with Crippen LogP contribution in [0.1, 0.15) is 5.56 Å². The van der Waals surface area contributed by atoms with Gasteiger partial charge in [-0.2, -0.15) is 0 Å². The molecule has 2 aromatic rings. The molecule has 0 saturated carbocycles. The number of hydrogen-bond donors (Lipinski definition) is 2. The highest BCUT2D eigenvalue weighted by Gasteiger charge is 2.18. The standard InChI is InChI=1S/C9H11N5O2S2/c10-8-13-14-9(17-8)18(15,16)12-5-3-7-2-1-4-11-6-7/h1-2,4,6,12H,3,5H2,(H2,10,13). The fourth-order valence-electron chi connectivity index (χ4n) is 1.27. The van der Waals surface area contributed by atoms with E-state index in [-0.39, 0.29) is 16.0 Å². The van der Waals surface area contributed by atoms with E-state index in [4.69, 9.17) is 5.73 Å². The Morgan fingerprint density at radius 1 is 1.39 bits per heavy atom. The van der Waals surface area contributed by atoms with E-state index in [0.29, 0.717) is 6.42 Å². The Balaban J connectivity index is 1.94. The van der Waals surface area contributed by atoms with Crippen molar-refractivity contribution >= 4 is 26.5 Å². The molecule has 0 spiro atoms. The van der Waals surface area contributed by atoms with Crippen molar-refractivity contribution in [1.82, 2.24) is 19.9 Å². The molecule has 0 fully saturated rings. The summed E-state index contributed by atoms with van der Waals surface area (Å²) >= 11 is 0.834. The molecule has 0 amide bonds. The highest BCUT2D eigenvalue weighted by molar-refractivity contribution is 7.91. The number of nitrogens with two attached hydrogens (primary N) is 1. The van der Waals surface area contributed by atoms with Crippen LogP contribution < -0.4 is 10.5 Å². The second-order valence-electron chi connectivity index (χ2n) is 3.42. The van der Waals surface area contributed by atoms with Crippen LogP contribution in [-0.4, -0.2) is 30.1 Å². The first-order valence-corrected chi connectivity index (χ1v) is 7.35.